The molecule has 0 aliphatic heterocycles. The highest BCUT2D eigenvalue weighted by Crippen LogP contribution is 2.60. The van der Waals surface area contributed by atoms with Crippen molar-refractivity contribution in [3.63, 3.8) is 0 Å². The van der Waals surface area contributed by atoms with Crippen molar-refractivity contribution in [3.8, 4) is 0 Å². The van der Waals surface area contributed by atoms with Gasteiger partial charge < -0.3 is 22.2 Å². The van der Waals surface area contributed by atoms with Gasteiger partial charge in [-0.15, -0.1) is 0 Å². The van der Waals surface area contributed by atoms with Crippen LogP contribution in [0, 0.1) is 0 Å². The van der Waals surface area contributed by atoms with Gasteiger partial charge in [-0.3, -0.25) is 0 Å². The maximum Gasteiger partial charge on any atom is 0.323 e. The molecule has 0 bridgehead atoms. The largest absolute Gasteiger partial charge is 0.400 e. The predicted octanol–water partition coefficient (Wildman–Crippen LogP) is 3.65. The number of hydrogen-bond donors (Lipinski definition) is 0. The molecule has 0 aliphatic carbocycles. The number of hydrogen-bond acceptors (Lipinski definition) is 7. The normalized spacial score (nSPS) is 17.2. The zero-order valence-electron chi connectivity index (χ0n) is 16.1. The van der Waals surface area contributed by atoms with Crippen molar-refractivity contribution >= 4 is 47.2 Å². The van der Waals surface area contributed by atoms with Crippen LogP contribution in [0.1, 0.15) is 33.6 Å². The highest BCUT2D eigenvalue weighted by Gasteiger charge is 2.23. The summed E-state index contributed by atoms with van der Waals surface area (Å²) in [5.41, 5.74) is -0.897. The summed E-state index contributed by atoms with van der Waals surface area (Å²) >= 11 is 7.63. The zero-order valence-corrected chi connectivity index (χ0v) is 21.0. The molecule has 0 amide bonds. The fourth-order valence-electron chi connectivity index (χ4n) is 2.37. The molecule has 0 N–H and O–H groups in total. The summed E-state index contributed by atoms with van der Waals surface area (Å²) in [6.07, 6.45) is 2.92. The highest BCUT2D eigenvalue weighted by molar-refractivity contribution is 8.69. The minimum Gasteiger partial charge on any atom is -0.400 e. The summed E-state index contributed by atoms with van der Waals surface area (Å²) in [7, 11) is 3.82. The van der Waals surface area contributed by atoms with Crippen molar-refractivity contribution in [3.05, 3.63) is 0 Å². The Kier molecular flexibility index (Phi) is 15.0. The first-order valence-corrected chi connectivity index (χ1v) is 16.1. The SMILES string of the molecule is CCP(=S)(OCCC(C)[SiH](OC)OC)SCCC(C)[SiH](OC)OC. The van der Waals surface area contributed by atoms with Gasteiger partial charge in [0.15, 0.2) is 0 Å². The van der Waals surface area contributed by atoms with E-state index in [1.54, 1.807) is 28.4 Å². The third-order valence-electron chi connectivity index (χ3n) is 3.97. The summed E-state index contributed by atoms with van der Waals surface area (Å²) in [4.78, 5) is 0. The van der Waals surface area contributed by atoms with E-state index in [1.807, 2.05) is 11.4 Å². The Hall–Kier alpha value is 1.23. The third-order valence-corrected chi connectivity index (χ3v) is 15.4. The molecule has 10 heteroatoms. The summed E-state index contributed by atoms with van der Waals surface area (Å²) in [5.74, 6) is 1.01. The summed E-state index contributed by atoms with van der Waals surface area (Å²) in [6, 6.07) is 0. The minimum atomic E-state index is -1.79. The van der Waals surface area contributed by atoms with E-state index >= 15 is 0 Å². The fraction of sp³-hybridized carbons (Fsp3) is 1.00. The average molecular weight is 435 g/mol. The summed E-state index contributed by atoms with van der Waals surface area (Å²) in [6.45, 7) is 7.18. The lowest BCUT2D eigenvalue weighted by molar-refractivity contribution is 0.256. The van der Waals surface area contributed by atoms with Crippen LogP contribution in [-0.4, -0.2) is 65.5 Å². The molecule has 0 fully saturated rings. The molecule has 0 aromatic rings. The third kappa shape index (κ3) is 9.80. The van der Waals surface area contributed by atoms with E-state index < -0.39 is 24.0 Å². The van der Waals surface area contributed by atoms with Gasteiger partial charge in [-0.25, -0.2) is 0 Å². The number of rotatable bonds is 15. The first kappa shape index (κ1) is 25.2. The molecule has 0 radical (unpaired) electrons. The molecule has 0 aliphatic rings. The van der Waals surface area contributed by atoms with Crippen molar-refractivity contribution in [2.45, 2.75) is 44.7 Å². The van der Waals surface area contributed by atoms with Crippen LogP contribution in [0.5, 0.6) is 0 Å². The predicted molar refractivity (Wildman–Crippen MR) is 114 cm³/mol. The molecule has 24 heavy (non-hydrogen) atoms. The quantitative estimate of drug-likeness (QED) is 0.288. The van der Waals surface area contributed by atoms with Crippen molar-refractivity contribution in [2.75, 3.05) is 47.0 Å². The summed E-state index contributed by atoms with van der Waals surface area (Å²) < 4.78 is 27.9. The molecule has 0 aromatic heterocycles. The Morgan fingerprint density at radius 1 is 0.917 bits per heavy atom. The smallest absolute Gasteiger partial charge is 0.323 e. The monoisotopic (exact) mass is 434 g/mol. The van der Waals surface area contributed by atoms with Crippen LogP contribution < -0.4 is 0 Å². The maximum atomic E-state index is 6.13. The van der Waals surface area contributed by atoms with Gasteiger partial charge >= 0.3 is 18.6 Å². The molecular weight excluding hydrogens is 399 g/mol. The molecule has 0 heterocycles. The van der Waals surface area contributed by atoms with Crippen LogP contribution >= 0.6 is 16.8 Å². The van der Waals surface area contributed by atoms with E-state index in [9.17, 15) is 0 Å². The van der Waals surface area contributed by atoms with Crippen molar-refractivity contribution < 1.29 is 22.2 Å². The lowest BCUT2D eigenvalue weighted by Gasteiger charge is -2.24. The van der Waals surface area contributed by atoms with Crippen molar-refractivity contribution in [2.24, 2.45) is 0 Å². The Balaban J connectivity index is 4.23. The molecule has 0 spiro atoms. The fourth-order valence-corrected chi connectivity index (χ4v) is 10.3. The summed E-state index contributed by atoms with van der Waals surface area (Å²) in [5, 5.41) is 0. The molecule has 0 rings (SSSR count). The van der Waals surface area contributed by atoms with Gasteiger partial charge in [-0.2, -0.15) is 0 Å². The zero-order chi connectivity index (χ0) is 18.6. The molecule has 3 unspecified atom stereocenters. The van der Waals surface area contributed by atoms with Crippen LogP contribution in [0.25, 0.3) is 0 Å². The van der Waals surface area contributed by atoms with Gasteiger partial charge in [0.2, 0.25) is 0 Å². The lowest BCUT2D eigenvalue weighted by Crippen LogP contribution is -2.25. The molecular formula is C14H35O5PS2Si2. The standard InChI is InChI=1S/C14H35O5PS2Si2/c1-8-20(21,19-11-9-13(2)23(15-4)16-5)22-12-10-14(3)24(17-6)18-7/h13-14,23-24H,8-12H2,1-7H3. The highest BCUT2D eigenvalue weighted by atomic mass is 32.9. The van der Waals surface area contributed by atoms with Gasteiger partial charge in [-0.1, -0.05) is 44.0 Å². The van der Waals surface area contributed by atoms with Crippen LogP contribution in [0.4, 0.5) is 0 Å². The van der Waals surface area contributed by atoms with Crippen LogP contribution in [0.3, 0.4) is 0 Å². The van der Waals surface area contributed by atoms with Crippen LogP contribution in [0.15, 0.2) is 0 Å². The van der Waals surface area contributed by atoms with E-state index in [-0.39, 0.29) is 0 Å². The van der Waals surface area contributed by atoms with Gasteiger partial charge in [-0.05, 0) is 23.9 Å². The topological polar surface area (TPSA) is 46.2 Å². The van der Waals surface area contributed by atoms with Gasteiger partial charge in [0.1, 0.15) is 5.47 Å². The second-order valence-electron chi connectivity index (χ2n) is 5.81. The van der Waals surface area contributed by atoms with Crippen LogP contribution in [0.2, 0.25) is 11.1 Å². The van der Waals surface area contributed by atoms with E-state index in [2.05, 4.69) is 20.8 Å². The van der Waals surface area contributed by atoms with E-state index in [0.717, 1.165) is 24.8 Å². The second kappa shape index (κ2) is 14.3. The molecule has 0 saturated heterocycles. The molecule has 0 aromatic carbocycles. The second-order valence-corrected chi connectivity index (χ2v) is 19.2. The Morgan fingerprint density at radius 3 is 1.79 bits per heavy atom. The molecule has 3 atom stereocenters. The van der Waals surface area contributed by atoms with Gasteiger partial charge in [0.05, 0.1) is 6.61 Å². The maximum absolute atomic E-state index is 6.13. The van der Waals surface area contributed by atoms with E-state index in [1.165, 1.54) is 0 Å². The Labute approximate surface area is 161 Å². The van der Waals surface area contributed by atoms with Gasteiger partial charge in [0.25, 0.3) is 0 Å². The van der Waals surface area contributed by atoms with Crippen molar-refractivity contribution in [1.29, 1.82) is 0 Å². The average Bonchev–Trinajstić information content (AvgIpc) is 2.57. The first-order chi connectivity index (χ1) is 11.4. The van der Waals surface area contributed by atoms with Crippen molar-refractivity contribution in [1.82, 2.24) is 0 Å². The minimum absolute atomic E-state index is 0.417. The molecule has 0 saturated carbocycles. The van der Waals surface area contributed by atoms with E-state index in [0.29, 0.717) is 17.7 Å². The Bertz CT molecular complexity index is 332. The van der Waals surface area contributed by atoms with Crippen LogP contribution in [-0.2, 0) is 34.0 Å². The Morgan fingerprint density at radius 2 is 1.38 bits per heavy atom. The first-order valence-electron chi connectivity index (χ1n) is 8.36. The van der Waals surface area contributed by atoms with E-state index in [4.69, 9.17) is 34.0 Å². The lowest BCUT2D eigenvalue weighted by atomic mass is 10.3. The van der Waals surface area contributed by atoms with Gasteiger partial charge in [0, 0.05) is 40.4 Å². The molecule has 146 valence electrons. The molecule has 5 nitrogen and oxygen atoms in total.